The highest BCUT2D eigenvalue weighted by Crippen LogP contribution is 2.43. The summed E-state index contributed by atoms with van der Waals surface area (Å²) in [6.45, 7) is 6.48. The minimum Gasteiger partial charge on any atom is -0.381 e. The van der Waals surface area contributed by atoms with Gasteiger partial charge in [-0.1, -0.05) is 16.8 Å². The lowest BCUT2D eigenvalue weighted by molar-refractivity contribution is -0.139. The van der Waals surface area contributed by atoms with E-state index in [9.17, 15) is 4.79 Å². The summed E-state index contributed by atoms with van der Waals surface area (Å²) in [5, 5.41) is 7.23. The molecule has 2 aliphatic heterocycles. The predicted molar refractivity (Wildman–Crippen MR) is 97.4 cm³/mol. The third-order valence-corrected chi connectivity index (χ3v) is 6.33. The van der Waals surface area contributed by atoms with Crippen molar-refractivity contribution in [1.82, 2.24) is 15.4 Å². The molecule has 0 radical (unpaired) electrons. The Bertz CT molecular complexity index is 684. The molecule has 1 aromatic rings. The molecule has 3 aliphatic rings. The Morgan fingerprint density at radius 2 is 2.38 bits per heavy atom. The van der Waals surface area contributed by atoms with Gasteiger partial charge in [-0.05, 0) is 39.0 Å². The number of hydrogen-bond donors (Lipinski definition) is 1. The monoisotopic (exact) mass is 359 g/mol. The van der Waals surface area contributed by atoms with Crippen LogP contribution in [0.15, 0.2) is 22.4 Å². The van der Waals surface area contributed by atoms with Crippen molar-refractivity contribution in [2.24, 2.45) is 11.3 Å². The molecular weight excluding hydrogens is 330 g/mol. The molecule has 2 atom stereocenters. The van der Waals surface area contributed by atoms with E-state index in [1.165, 1.54) is 18.4 Å². The highest BCUT2D eigenvalue weighted by molar-refractivity contribution is 5.84. The number of nitrogens with one attached hydrogen (secondary N) is 1. The van der Waals surface area contributed by atoms with Gasteiger partial charge < -0.3 is 14.6 Å². The van der Waals surface area contributed by atoms with Crippen LogP contribution in [-0.2, 0) is 16.1 Å². The number of aryl methyl sites for hydroxylation is 1. The van der Waals surface area contributed by atoms with Crippen LogP contribution in [0.1, 0.15) is 43.4 Å². The molecule has 2 fully saturated rings. The fraction of sp³-hybridized carbons (Fsp3) is 0.700. The smallest absolute Gasteiger partial charge is 0.228 e. The maximum Gasteiger partial charge on any atom is 0.228 e. The number of fused-ring (bicyclic) bond motifs is 1. The molecule has 1 amide bonds. The lowest BCUT2D eigenvalue weighted by Gasteiger charge is -2.37. The van der Waals surface area contributed by atoms with Gasteiger partial charge in [-0.15, -0.1) is 0 Å². The number of carbonyl (C=O) groups is 1. The Balaban J connectivity index is 1.43. The van der Waals surface area contributed by atoms with Crippen molar-refractivity contribution in [3.05, 3.63) is 29.2 Å². The zero-order chi connectivity index (χ0) is 18.0. The Kier molecular flexibility index (Phi) is 5.14. The molecule has 1 aliphatic carbocycles. The van der Waals surface area contributed by atoms with Gasteiger partial charge in [0.05, 0.1) is 17.7 Å². The van der Waals surface area contributed by atoms with Gasteiger partial charge in [0.2, 0.25) is 5.91 Å². The van der Waals surface area contributed by atoms with Crippen molar-refractivity contribution < 1.29 is 14.1 Å². The Labute approximate surface area is 154 Å². The maximum atomic E-state index is 13.2. The standard InChI is InChI=1S/C20H29N3O3/c1-15-17(12-26-22-15)10-23-11-18-13-25-8-7-20(18,14-23)19(24)21-9-16-5-3-2-4-6-16/h5,12,18H,2-4,6-11,13-14H2,1H3,(H,21,24). The maximum absolute atomic E-state index is 13.2. The minimum atomic E-state index is -0.321. The van der Waals surface area contributed by atoms with Crippen LogP contribution in [0.5, 0.6) is 0 Å². The molecule has 0 spiro atoms. The second kappa shape index (κ2) is 7.53. The predicted octanol–water partition coefficient (Wildman–Crippen LogP) is 2.44. The van der Waals surface area contributed by atoms with E-state index < -0.39 is 0 Å². The van der Waals surface area contributed by atoms with Crippen LogP contribution < -0.4 is 5.32 Å². The number of carbonyl (C=O) groups excluding carboxylic acids is 1. The number of nitrogens with zero attached hydrogens (tertiary/aromatic N) is 2. The third kappa shape index (κ3) is 3.45. The van der Waals surface area contributed by atoms with Gasteiger partial charge in [0.15, 0.2) is 0 Å². The van der Waals surface area contributed by atoms with E-state index in [1.807, 2.05) is 6.92 Å². The normalized spacial score (nSPS) is 29.3. The highest BCUT2D eigenvalue weighted by atomic mass is 16.5. The molecule has 26 heavy (non-hydrogen) atoms. The number of hydrogen-bond acceptors (Lipinski definition) is 5. The van der Waals surface area contributed by atoms with Gasteiger partial charge in [0.1, 0.15) is 6.26 Å². The summed E-state index contributed by atoms with van der Waals surface area (Å²) in [6.07, 6.45) is 9.63. The SMILES string of the molecule is Cc1nocc1CN1CC2COCCC2(C(=O)NCC2=CCCCC2)C1. The summed E-state index contributed by atoms with van der Waals surface area (Å²) in [7, 11) is 0. The number of amides is 1. The molecule has 142 valence electrons. The first-order valence-electron chi connectivity index (χ1n) is 9.83. The van der Waals surface area contributed by atoms with Crippen LogP contribution in [-0.4, -0.2) is 48.8 Å². The minimum absolute atomic E-state index is 0.210. The number of rotatable bonds is 5. The molecule has 0 bridgehead atoms. The third-order valence-electron chi connectivity index (χ3n) is 6.33. The summed E-state index contributed by atoms with van der Waals surface area (Å²) < 4.78 is 10.8. The molecule has 1 aromatic heterocycles. The van der Waals surface area contributed by atoms with Crippen molar-refractivity contribution in [3.63, 3.8) is 0 Å². The van der Waals surface area contributed by atoms with Crippen LogP contribution in [0.4, 0.5) is 0 Å². The van der Waals surface area contributed by atoms with Gasteiger partial charge >= 0.3 is 0 Å². The molecule has 4 rings (SSSR count). The summed E-state index contributed by atoms with van der Waals surface area (Å²) >= 11 is 0. The molecule has 0 saturated carbocycles. The molecule has 6 nitrogen and oxygen atoms in total. The van der Waals surface area contributed by atoms with Crippen molar-refractivity contribution in [1.29, 1.82) is 0 Å². The number of allylic oxidation sites excluding steroid dienone is 1. The van der Waals surface area contributed by atoms with E-state index >= 15 is 0 Å². The first-order valence-corrected chi connectivity index (χ1v) is 9.83. The Morgan fingerprint density at radius 3 is 3.15 bits per heavy atom. The molecule has 2 saturated heterocycles. The highest BCUT2D eigenvalue weighted by Gasteiger charge is 2.53. The summed E-state index contributed by atoms with van der Waals surface area (Å²) in [6, 6.07) is 0. The van der Waals surface area contributed by atoms with Crippen LogP contribution in [0.2, 0.25) is 0 Å². The number of aromatic nitrogens is 1. The molecule has 0 aromatic carbocycles. The Hall–Kier alpha value is -1.66. The largest absolute Gasteiger partial charge is 0.381 e. The fourth-order valence-corrected chi connectivity index (χ4v) is 4.69. The fourth-order valence-electron chi connectivity index (χ4n) is 4.69. The van der Waals surface area contributed by atoms with Crippen LogP contribution in [0, 0.1) is 18.3 Å². The number of likely N-dealkylation sites (tertiary alicyclic amines) is 1. The van der Waals surface area contributed by atoms with Gasteiger partial charge in [-0.3, -0.25) is 9.69 Å². The quantitative estimate of drug-likeness (QED) is 0.818. The summed E-state index contributed by atoms with van der Waals surface area (Å²) in [4.78, 5) is 15.6. The van der Waals surface area contributed by atoms with E-state index in [2.05, 4.69) is 21.4 Å². The first-order chi connectivity index (χ1) is 12.7. The summed E-state index contributed by atoms with van der Waals surface area (Å²) in [5.41, 5.74) is 3.10. The van der Waals surface area contributed by atoms with Crippen LogP contribution in [0.3, 0.4) is 0 Å². The topological polar surface area (TPSA) is 67.6 Å². The van der Waals surface area contributed by atoms with Crippen LogP contribution >= 0.6 is 0 Å². The molecule has 3 heterocycles. The van der Waals surface area contributed by atoms with Crippen molar-refractivity contribution >= 4 is 5.91 Å². The zero-order valence-electron chi connectivity index (χ0n) is 15.6. The number of ether oxygens (including phenoxy) is 1. The van der Waals surface area contributed by atoms with E-state index in [-0.39, 0.29) is 17.2 Å². The van der Waals surface area contributed by atoms with Crippen molar-refractivity contribution in [2.45, 2.75) is 45.6 Å². The molecule has 6 heteroatoms. The zero-order valence-corrected chi connectivity index (χ0v) is 15.6. The second-order valence-corrected chi connectivity index (χ2v) is 8.06. The first kappa shape index (κ1) is 17.7. The van der Waals surface area contributed by atoms with Crippen molar-refractivity contribution in [2.75, 3.05) is 32.8 Å². The van der Waals surface area contributed by atoms with E-state index in [1.54, 1.807) is 6.26 Å². The van der Waals surface area contributed by atoms with Gasteiger partial charge in [0, 0.05) is 44.3 Å². The second-order valence-electron chi connectivity index (χ2n) is 8.06. The van der Waals surface area contributed by atoms with Gasteiger partial charge in [-0.25, -0.2) is 0 Å². The van der Waals surface area contributed by atoms with Gasteiger partial charge in [-0.2, -0.15) is 0 Å². The molecule has 1 N–H and O–H groups in total. The van der Waals surface area contributed by atoms with Gasteiger partial charge in [0.25, 0.3) is 0 Å². The summed E-state index contributed by atoms with van der Waals surface area (Å²) in [5.74, 6) is 0.471. The lowest BCUT2D eigenvalue weighted by atomic mass is 9.73. The Morgan fingerprint density at radius 1 is 1.46 bits per heavy atom. The van der Waals surface area contributed by atoms with E-state index in [0.717, 1.165) is 50.2 Å². The van der Waals surface area contributed by atoms with E-state index in [4.69, 9.17) is 9.26 Å². The molecule has 2 unspecified atom stereocenters. The van der Waals surface area contributed by atoms with E-state index in [0.29, 0.717) is 19.8 Å². The molecular formula is C20H29N3O3. The average Bonchev–Trinajstić information content (AvgIpc) is 3.24. The van der Waals surface area contributed by atoms with Crippen LogP contribution in [0.25, 0.3) is 0 Å². The lowest BCUT2D eigenvalue weighted by Crippen LogP contribution is -2.50. The average molecular weight is 359 g/mol. The van der Waals surface area contributed by atoms with Crippen molar-refractivity contribution in [3.8, 4) is 0 Å².